The van der Waals surface area contributed by atoms with Crippen LogP contribution in [0.2, 0.25) is 0 Å². The normalized spacial score (nSPS) is 32.8. The van der Waals surface area contributed by atoms with E-state index < -0.39 is 11.9 Å². The zero-order chi connectivity index (χ0) is 67.4. The zero-order valence-corrected chi connectivity index (χ0v) is 64.0. The summed E-state index contributed by atoms with van der Waals surface area (Å²) in [6.07, 6.45) is 71.7. The molecule has 0 spiro atoms. The number of carbonyl (C=O) groups is 2. The van der Waals surface area contributed by atoms with Gasteiger partial charge in [0.25, 0.3) is 0 Å². The minimum Gasteiger partial charge on any atom is -0.481 e. The van der Waals surface area contributed by atoms with Gasteiger partial charge in [-0.2, -0.15) is 0 Å². The standard InChI is InChI=1S/C44H78O2.C27H46O.C17H34O2/c1-7-8-9-10-11-12-13-14-15-16-17-18-19-23-37(42(45)46)35-28-30-43(5)36(32-35)24-25-38-40-27-26-39(34(4)22-20-21-33(2)3)44(40,6)31-29-41(38)43;1-18(2)7-6-8-19(3)23-11-12-24-22-10-9-20-17-21(28)13-15-26(20,4)25(22)14-16-27(23,24)5;1-2-3-4-5-6-7-8-9-10-11-12-13-14-15-16-17(18)19/h24,33-35,37-41H,7-23,25-32H2,1-6H3,(H,45,46);9,18-19,21-25,28H,6-8,10-17H2,1-5H3;2-16H2,1H3,(H,18,19)/t34-,35+,37?,38+,39-,40+,41+,43+,44-;19-,21+,22+,23-,24+,25+,26+,27-;/m11./s1. The van der Waals surface area contributed by atoms with Crippen LogP contribution in [0.5, 0.6) is 0 Å². The van der Waals surface area contributed by atoms with Crippen molar-refractivity contribution in [3.8, 4) is 0 Å². The molecule has 17 atom stereocenters. The molecule has 1 unspecified atom stereocenters. The van der Waals surface area contributed by atoms with Crippen molar-refractivity contribution in [2.45, 2.75) is 417 Å². The molecule has 0 aliphatic heterocycles. The molecule has 8 aliphatic rings. The summed E-state index contributed by atoms with van der Waals surface area (Å²) in [6.45, 7) is 29.8. The number of aliphatic hydroxyl groups is 1. The van der Waals surface area contributed by atoms with E-state index in [-0.39, 0.29) is 12.0 Å². The van der Waals surface area contributed by atoms with Gasteiger partial charge in [0.2, 0.25) is 0 Å². The van der Waals surface area contributed by atoms with Crippen LogP contribution >= 0.6 is 0 Å². The number of carboxylic acid groups (broad SMARTS) is 2. The fourth-order valence-electron chi connectivity index (χ4n) is 23.1. The number of fused-ring (bicyclic) bond motifs is 10. The maximum atomic E-state index is 12.5. The van der Waals surface area contributed by atoms with Gasteiger partial charge in [-0.25, -0.2) is 0 Å². The number of aliphatic carboxylic acids is 2. The molecule has 540 valence electrons. The first-order valence-electron chi connectivity index (χ1n) is 42.2. The summed E-state index contributed by atoms with van der Waals surface area (Å²) in [7, 11) is 0. The zero-order valence-electron chi connectivity index (χ0n) is 64.0. The molecule has 8 aliphatic carbocycles. The molecular formula is C88H158O5. The highest BCUT2D eigenvalue weighted by molar-refractivity contribution is 5.70. The Morgan fingerprint density at radius 2 is 0.796 bits per heavy atom. The molecule has 93 heavy (non-hydrogen) atoms. The van der Waals surface area contributed by atoms with Gasteiger partial charge in [-0.1, -0.05) is 312 Å². The monoisotopic (exact) mass is 1300 g/mol. The van der Waals surface area contributed by atoms with Crippen LogP contribution in [-0.2, 0) is 9.59 Å². The highest BCUT2D eigenvalue weighted by Crippen LogP contribution is 2.69. The number of hydrogen-bond acceptors (Lipinski definition) is 3. The van der Waals surface area contributed by atoms with E-state index in [1.54, 1.807) is 11.1 Å². The van der Waals surface area contributed by atoms with Crippen LogP contribution in [0.15, 0.2) is 23.3 Å². The molecule has 0 aromatic heterocycles. The predicted molar refractivity (Wildman–Crippen MR) is 400 cm³/mol. The van der Waals surface area contributed by atoms with Gasteiger partial charge in [0.15, 0.2) is 0 Å². The first kappa shape index (κ1) is 80.4. The molecule has 0 aromatic rings. The fourth-order valence-corrected chi connectivity index (χ4v) is 23.1. The van der Waals surface area contributed by atoms with Gasteiger partial charge in [-0.3, -0.25) is 9.59 Å². The van der Waals surface area contributed by atoms with Crippen LogP contribution < -0.4 is 0 Å². The Hall–Kier alpha value is -1.62. The second kappa shape index (κ2) is 41.2. The largest absolute Gasteiger partial charge is 0.481 e. The Kier molecular flexibility index (Phi) is 35.6. The molecule has 0 radical (unpaired) electrons. The summed E-state index contributed by atoms with van der Waals surface area (Å²) in [4.78, 5) is 22.9. The Balaban J connectivity index is 0.000000247. The van der Waals surface area contributed by atoms with Crippen molar-refractivity contribution in [2.75, 3.05) is 0 Å². The summed E-state index contributed by atoms with van der Waals surface area (Å²) in [5.41, 5.74) is 5.13. The lowest BCUT2D eigenvalue weighted by molar-refractivity contribution is -0.145. The Morgan fingerprint density at radius 1 is 0.419 bits per heavy atom. The summed E-state index contributed by atoms with van der Waals surface area (Å²) in [6, 6.07) is 0. The Bertz CT molecular complexity index is 2140. The van der Waals surface area contributed by atoms with Crippen molar-refractivity contribution in [3.63, 3.8) is 0 Å². The lowest BCUT2D eigenvalue weighted by Gasteiger charge is -2.59. The van der Waals surface area contributed by atoms with Gasteiger partial charge in [-0.15, -0.1) is 0 Å². The average Bonchev–Trinajstić information content (AvgIpc) is 1.71. The van der Waals surface area contributed by atoms with Crippen molar-refractivity contribution in [2.24, 2.45) is 105 Å². The van der Waals surface area contributed by atoms with Crippen molar-refractivity contribution >= 4 is 11.9 Å². The molecule has 5 heteroatoms. The maximum absolute atomic E-state index is 12.5. The third-order valence-electron chi connectivity index (χ3n) is 28.9. The summed E-state index contributed by atoms with van der Waals surface area (Å²) in [5, 5.41) is 29.0. The van der Waals surface area contributed by atoms with Crippen LogP contribution in [0, 0.1) is 105 Å². The Labute approximate surface area is 578 Å². The summed E-state index contributed by atoms with van der Waals surface area (Å²) >= 11 is 0. The molecule has 0 aromatic carbocycles. The van der Waals surface area contributed by atoms with Crippen molar-refractivity contribution in [3.05, 3.63) is 23.3 Å². The fraction of sp³-hybridized carbons (Fsp3) is 0.932. The molecular weight excluding hydrogens is 1140 g/mol. The molecule has 0 heterocycles. The van der Waals surface area contributed by atoms with E-state index in [4.69, 9.17) is 5.11 Å². The number of hydrogen-bond donors (Lipinski definition) is 3. The number of carboxylic acids is 2. The minimum atomic E-state index is -0.654. The minimum absolute atomic E-state index is 0.0766. The van der Waals surface area contributed by atoms with Gasteiger partial charge in [0.1, 0.15) is 0 Å². The SMILES string of the molecule is CC(C)CCC[C@@H](C)[C@H]1CC[C@H]2[C@@H]3CC=C4C[C@@H](O)CC[C@]4(C)[C@H]3CC[C@]12C.CCCCCCCCCCCCCCCC(C(=O)O)[C@H]1CC[C@@]2(C)C(=CC[C@H]3[C@@H]4CC[C@H]([C@H](C)CCCC(C)C)[C@@]4(C)CC[C@@H]32)C1.CCCCCCCCCCCCCCCCC(=O)O. The van der Waals surface area contributed by atoms with Crippen molar-refractivity contribution < 1.29 is 24.9 Å². The topological polar surface area (TPSA) is 94.8 Å². The predicted octanol–water partition coefficient (Wildman–Crippen LogP) is 27.2. The van der Waals surface area contributed by atoms with E-state index in [1.165, 1.54) is 270 Å². The van der Waals surface area contributed by atoms with Gasteiger partial charge in [0.05, 0.1) is 12.0 Å². The van der Waals surface area contributed by atoms with Crippen molar-refractivity contribution in [1.29, 1.82) is 0 Å². The molecule has 0 bridgehead atoms. The van der Waals surface area contributed by atoms with Crippen LogP contribution in [-0.4, -0.2) is 33.4 Å². The van der Waals surface area contributed by atoms with E-state index in [0.29, 0.717) is 34.0 Å². The molecule has 8 rings (SSSR count). The van der Waals surface area contributed by atoms with Crippen molar-refractivity contribution in [1.82, 2.24) is 0 Å². The molecule has 6 fully saturated rings. The van der Waals surface area contributed by atoms with E-state index in [2.05, 4.69) is 95.2 Å². The van der Waals surface area contributed by atoms with Crippen LogP contribution in [0.3, 0.4) is 0 Å². The molecule has 6 saturated carbocycles. The molecule has 3 N–H and O–H groups in total. The molecule has 5 nitrogen and oxygen atoms in total. The Morgan fingerprint density at radius 3 is 1.18 bits per heavy atom. The third kappa shape index (κ3) is 23.5. The number of unbranched alkanes of at least 4 members (excludes halogenated alkanes) is 25. The number of aliphatic hydroxyl groups excluding tert-OH is 1. The highest BCUT2D eigenvalue weighted by atomic mass is 16.4. The number of rotatable bonds is 41. The van der Waals surface area contributed by atoms with Crippen LogP contribution in [0.1, 0.15) is 411 Å². The van der Waals surface area contributed by atoms with E-state index >= 15 is 0 Å². The first-order valence-corrected chi connectivity index (χ1v) is 42.2. The van der Waals surface area contributed by atoms with Gasteiger partial charge < -0.3 is 15.3 Å². The quantitative estimate of drug-likeness (QED) is 0.0419. The summed E-state index contributed by atoms with van der Waals surface area (Å²) in [5.74, 6) is 9.70. The first-order chi connectivity index (χ1) is 44.6. The second-order valence-electron chi connectivity index (χ2n) is 36.2. The van der Waals surface area contributed by atoms with E-state index in [1.807, 2.05) is 0 Å². The van der Waals surface area contributed by atoms with E-state index in [0.717, 1.165) is 122 Å². The van der Waals surface area contributed by atoms with E-state index in [9.17, 15) is 19.8 Å². The van der Waals surface area contributed by atoms with Crippen LogP contribution in [0.4, 0.5) is 0 Å². The molecule has 0 amide bonds. The van der Waals surface area contributed by atoms with Gasteiger partial charge in [0, 0.05) is 6.42 Å². The highest BCUT2D eigenvalue weighted by Gasteiger charge is 2.61. The lowest BCUT2D eigenvalue weighted by atomic mass is 9.46. The van der Waals surface area contributed by atoms with Crippen LogP contribution in [0.25, 0.3) is 0 Å². The van der Waals surface area contributed by atoms with Gasteiger partial charge >= 0.3 is 11.9 Å². The molecule has 0 saturated heterocycles. The average molecular weight is 1300 g/mol. The van der Waals surface area contributed by atoms with Gasteiger partial charge in [-0.05, 0) is 214 Å². The number of allylic oxidation sites excluding steroid dienone is 3. The lowest BCUT2D eigenvalue weighted by Crippen LogP contribution is -2.51. The smallest absolute Gasteiger partial charge is 0.306 e. The summed E-state index contributed by atoms with van der Waals surface area (Å²) < 4.78 is 0. The maximum Gasteiger partial charge on any atom is 0.306 e. The second-order valence-corrected chi connectivity index (χ2v) is 36.2. The third-order valence-corrected chi connectivity index (χ3v) is 28.9.